The van der Waals surface area contributed by atoms with E-state index < -0.39 is 66.5 Å². The minimum absolute atomic E-state index is 0.0555. The van der Waals surface area contributed by atoms with Gasteiger partial charge in [0.25, 0.3) is 0 Å². The van der Waals surface area contributed by atoms with Crippen molar-refractivity contribution in [3.05, 3.63) is 12.7 Å². The fourth-order valence-corrected chi connectivity index (χ4v) is 1.93. The summed E-state index contributed by atoms with van der Waals surface area (Å²) in [5, 5.41) is 0. The molecule has 2 nitrogen and oxygen atoms in total. The number of rotatable bonds is 10. The molecule has 0 spiro atoms. The Morgan fingerprint density at radius 3 is 1.24 bits per heavy atom. The van der Waals surface area contributed by atoms with Crippen LogP contribution in [0.2, 0.25) is 0 Å². The Balaban J connectivity index is 6.47. The number of carbonyl (C=O) groups is 1. The highest BCUT2D eigenvalue weighted by molar-refractivity contribution is 5.86. The molecular formula is C14H10F17NO. The molecule has 0 N–H and O–H groups in total. The summed E-state index contributed by atoms with van der Waals surface area (Å²) in [4.78, 5) is 11.1. The van der Waals surface area contributed by atoms with Crippen molar-refractivity contribution in [1.82, 2.24) is 4.90 Å². The first-order valence-electron chi connectivity index (χ1n) is 7.70. The van der Waals surface area contributed by atoms with Crippen LogP contribution >= 0.6 is 0 Å². The van der Waals surface area contributed by atoms with Gasteiger partial charge in [0.1, 0.15) is 0 Å². The first-order valence-corrected chi connectivity index (χ1v) is 7.70. The Bertz CT molecular complexity index is 738. The zero-order chi connectivity index (χ0) is 27.3. The summed E-state index contributed by atoms with van der Waals surface area (Å²) >= 11 is 0. The zero-order valence-corrected chi connectivity index (χ0v) is 15.5. The summed E-state index contributed by atoms with van der Waals surface area (Å²) in [6.45, 7) is 1.12. The lowest BCUT2D eigenvalue weighted by Gasteiger charge is -2.43. The molecule has 19 heteroatoms. The van der Waals surface area contributed by atoms with Crippen LogP contribution in [-0.4, -0.2) is 72.0 Å². The molecule has 0 saturated carbocycles. The van der Waals surface area contributed by atoms with Crippen LogP contribution in [0.1, 0.15) is 6.42 Å². The van der Waals surface area contributed by atoms with E-state index in [1.807, 2.05) is 0 Å². The quantitative estimate of drug-likeness (QED) is 0.249. The normalized spacial score (nSPS) is 15.5. The summed E-state index contributed by atoms with van der Waals surface area (Å²) in [5.74, 6) is -57.9. The molecular weight excluding hydrogens is 521 g/mol. The molecule has 0 saturated heterocycles. The van der Waals surface area contributed by atoms with Crippen molar-refractivity contribution < 1.29 is 79.4 Å². The molecule has 0 aromatic carbocycles. The first-order chi connectivity index (χ1) is 14.1. The molecule has 1 amide bonds. The molecule has 0 aromatic rings. The van der Waals surface area contributed by atoms with E-state index in [1.54, 1.807) is 0 Å². The van der Waals surface area contributed by atoms with E-state index in [4.69, 9.17) is 0 Å². The van der Waals surface area contributed by atoms with Crippen molar-refractivity contribution in [2.45, 2.75) is 54.1 Å². The lowest BCUT2D eigenvalue weighted by atomic mass is 9.88. The highest BCUT2D eigenvalue weighted by Gasteiger charge is 2.95. The second-order valence-corrected chi connectivity index (χ2v) is 6.36. The zero-order valence-electron chi connectivity index (χ0n) is 15.5. The number of alkyl halides is 17. The van der Waals surface area contributed by atoms with Crippen molar-refractivity contribution in [3.8, 4) is 0 Å². The van der Waals surface area contributed by atoms with Crippen LogP contribution in [-0.2, 0) is 4.79 Å². The number of halogens is 17. The van der Waals surface area contributed by atoms with Gasteiger partial charge in [0, 0.05) is 20.0 Å². The van der Waals surface area contributed by atoms with Crippen molar-refractivity contribution >= 4 is 5.91 Å². The van der Waals surface area contributed by atoms with Crippen molar-refractivity contribution in [2.75, 3.05) is 13.6 Å². The van der Waals surface area contributed by atoms with Gasteiger partial charge in [-0.25, -0.2) is 0 Å². The third kappa shape index (κ3) is 4.42. The fourth-order valence-electron chi connectivity index (χ4n) is 1.93. The van der Waals surface area contributed by atoms with Crippen LogP contribution in [0.5, 0.6) is 0 Å². The summed E-state index contributed by atoms with van der Waals surface area (Å²) in [5.41, 5.74) is 0. The van der Waals surface area contributed by atoms with Gasteiger partial charge in [-0.15, -0.1) is 0 Å². The van der Waals surface area contributed by atoms with Gasteiger partial charge in [0.05, 0.1) is 0 Å². The second-order valence-electron chi connectivity index (χ2n) is 6.36. The molecule has 0 atom stereocenters. The second kappa shape index (κ2) is 8.35. The lowest BCUT2D eigenvalue weighted by molar-refractivity contribution is -0.461. The van der Waals surface area contributed by atoms with Gasteiger partial charge in [-0.1, -0.05) is 6.58 Å². The molecule has 0 fully saturated rings. The summed E-state index contributed by atoms with van der Waals surface area (Å²) in [6.07, 6.45) is -10.1. The van der Waals surface area contributed by atoms with Crippen molar-refractivity contribution in [3.63, 3.8) is 0 Å². The molecule has 0 radical (unpaired) electrons. The van der Waals surface area contributed by atoms with E-state index in [0.717, 1.165) is 0 Å². The van der Waals surface area contributed by atoms with E-state index in [2.05, 4.69) is 6.58 Å². The van der Waals surface area contributed by atoms with Crippen molar-refractivity contribution in [2.24, 2.45) is 0 Å². The summed E-state index contributed by atoms with van der Waals surface area (Å²) < 4.78 is 222. The van der Waals surface area contributed by atoms with Gasteiger partial charge < -0.3 is 4.90 Å². The Labute approximate surface area is 172 Å². The highest BCUT2D eigenvalue weighted by Crippen LogP contribution is 2.64. The number of amides is 1. The predicted octanol–water partition coefficient (Wildman–Crippen LogP) is 6.03. The number of carbonyl (C=O) groups excluding carboxylic acids is 1. The maximum Gasteiger partial charge on any atom is 0.460 e. The fraction of sp³-hybridized carbons (Fsp3) is 0.786. The molecule has 0 aliphatic rings. The first kappa shape index (κ1) is 31.0. The van der Waals surface area contributed by atoms with Crippen LogP contribution in [0, 0.1) is 0 Å². The van der Waals surface area contributed by atoms with Crippen LogP contribution in [0.4, 0.5) is 74.6 Å². The minimum atomic E-state index is -8.66. The molecule has 0 aliphatic heterocycles. The molecule has 196 valence electrons. The maximum absolute atomic E-state index is 13.6. The SMILES string of the molecule is C=CC(=O)N(C)CCC(F)(F)C(F)(F)C(F)(F)C(F)(F)C(F)(F)C(F)(F)C(F)(F)C(F)(F)F. The Morgan fingerprint density at radius 2 is 0.939 bits per heavy atom. The number of likely N-dealkylation sites (N-methyl/N-ethyl adjacent to an activating group) is 1. The number of hydrogen-bond donors (Lipinski definition) is 0. The van der Waals surface area contributed by atoms with E-state index in [0.29, 0.717) is 13.1 Å². The van der Waals surface area contributed by atoms with Crippen LogP contribution in [0.15, 0.2) is 12.7 Å². The molecule has 0 heterocycles. The van der Waals surface area contributed by atoms with Crippen LogP contribution in [0.25, 0.3) is 0 Å². The molecule has 0 aliphatic carbocycles. The van der Waals surface area contributed by atoms with Gasteiger partial charge in [-0.2, -0.15) is 74.6 Å². The van der Waals surface area contributed by atoms with Crippen LogP contribution < -0.4 is 0 Å². The summed E-state index contributed by atoms with van der Waals surface area (Å²) in [7, 11) is 0.554. The lowest BCUT2D eigenvalue weighted by Crippen LogP contribution is -2.74. The van der Waals surface area contributed by atoms with Crippen LogP contribution in [0.3, 0.4) is 0 Å². The minimum Gasteiger partial charge on any atom is -0.342 e. The molecule has 0 rings (SSSR count). The average Bonchev–Trinajstić information content (AvgIpc) is 2.63. The Hall–Kier alpha value is -1.98. The summed E-state index contributed by atoms with van der Waals surface area (Å²) in [6, 6.07) is 0. The number of hydrogen-bond acceptors (Lipinski definition) is 1. The Morgan fingerprint density at radius 1 is 0.636 bits per heavy atom. The average molecular weight is 531 g/mol. The molecule has 0 unspecified atom stereocenters. The van der Waals surface area contributed by atoms with Gasteiger partial charge in [0.15, 0.2) is 0 Å². The van der Waals surface area contributed by atoms with Crippen molar-refractivity contribution in [1.29, 1.82) is 0 Å². The molecule has 0 bridgehead atoms. The van der Waals surface area contributed by atoms with Gasteiger partial charge >= 0.3 is 47.6 Å². The Kier molecular flexibility index (Phi) is 7.85. The molecule has 0 aromatic heterocycles. The van der Waals surface area contributed by atoms with E-state index in [1.165, 1.54) is 0 Å². The standard InChI is InChI=1S/C14H10F17NO/c1-3-6(33)32(2)5-4-7(15,16)8(17,18)9(19,20)10(21,22)11(23,24)12(25,26)13(27,28)14(29,30)31/h3H,1,4-5H2,2H3. The molecule has 33 heavy (non-hydrogen) atoms. The van der Waals surface area contributed by atoms with E-state index in [9.17, 15) is 79.4 Å². The highest BCUT2D eigenvalue weighted by atomic mass is 19.4. The van der Waals surface area contributed by atoms with E-state index >= 15 is 0 Å². The van der Waals surface area contributed by atoms with Gasteiger partial charge in [-0.3, -0.25) is 4.79 Å². The predicted molar refractivity (Wildman–Crippen MR) is 73.1 cm³/mol. The number of nitrogens with zero attached hydrogens (tertiary/aromatic N) is 1. The van der Waals surface area contributed by atoms with Gasteiger partial charge in [0.2, 0.25) is 5.91 Å². The monoisotopic (exact) mass is 531 g/mol. The maximum atomic E-state index is 13.6. The smallest absolute Gasteiger partial charge is 0.342 e. The van der Waals surface area contributed by atoms with E-state index in [-0.39, 0.29) is 4.90 Å². The topological polar surface area (TPSA) is 20.3 Å². The van der Waals surface area contributed by atoms with Gasteiger partial charge in [-0.05, 0) is 6.08 Å². The third-order valence-corrected chi connectivity index (χ3v) is 4.10. The largest absolute Gasteiger partial charge is 0.460 e. The third-order valence-electron chi connectivity index (χ3n) is 4.10.